The summed E-state index contributed by atoms with van der Waals surface area (Å²) in [4.78, 5) is 7.18. The average Bonchev–Trinajstić information content (AvgIpc) is 2.54. The molecule has 22 heavy (non-hydrogen) atoms. The summed E-state index contributed by atoms with van der Waals surface area (Å²) in [7, 11) is 0. The van der Waals surface area contributed by atoms with Gasteiger partial charge in [0.1, 0.15) is 0 Å². The SMILES string of the molecule is CCNC(=NCc1ccccc1)NCCN1CCCCC1.I. The lowest BCUT2D eigenvalue weighted by molar-refractivity contribution is 0.232. The van der Waals surface area contributed by atoms with Crippen molar-refractivity contribution in [3.05, 3.63) is 35.9 Å². The van der Waals surface area contributed by atoms with Crippen LogP contribution in [0.1, 0.15) is 31.7 Å². The molecule has 4 nitrogen and oxygen atoms in total. The van der Waals surface area contributed by atoms with Crippen molar-refractivity contribution in [2.24, 2.45) is 4.99 Å². The Morgan fingerprint density at radius 1 is 1.09 bits per heavy atom. The van der Waals surface area contributed by atoms with E-state index in [2.05, 4.69) is 51.7 Å². The molecule has 0 aromatic heterocycles. The molecule has 0 spiro atoms. The number of piperidine rings is 1. The van der Waals surface area contributed by atoms with Crippen LogP contribution in [0.4, 0.5) is 0 Å². The summed E-state index contributed by atoms with van der Waals surface area (Å²) in [6, 6.07) is 10.4. The van der Waals surface area contributed by atoms with Gasteiger partial charge in [-0.3, -0.25) is 0 Å². The van der Waals surface area contributed by atoms with Gasteiger partial charge >= 0.3 is 0 Å². The van der Waals surface area contributed by atoms with Crippen LogP contribution in [0.5, 0.6) is 0 Å². The van der Waals surface area contributed by atoms with E-state index in [0.29, 0.717) is 0 Å². The summed E-state index contributed by atoms with van der Waals surface area (Å²) in [5.74, 6) is 0.915. The molecule has 0 unspecified atom stereocenters. The molecule has 124 valence electrons. The lowest BCUT2D eigenvalue weighted by atomic mass is 10.1. The Morgan fingerprint density at radius 2 is 1.82 bits per heavy atom. The summed E-state index contributed by atoms with van der Waals surface area (Å²) in [5, 5.41) is 6.75. The molecule has 1 aliphatic heterocycles. The van der Waals surface area contributed by atoms with Crippen molar-refractivity contribution in [2.75, 3.05) is 32.7 Å². The second kappa shape index (κ2) is 11.7. The summed E-state index contributed by atoms with van der Waals surface area (Å²) < 4.78 is 0. The maximum Gasteiger partial charge on any atom is 0.191 e. The Bertz CT molecular complexity index is 416. The van der Waals surface area contributed by atoms with Crippen molar-refractivity contribution >= 4 is 29.9 Å². The fourth-order valence-corrected chi connectivity index (χ4v) is 2.61. The third kappa shape index (κ3) is 7.45. The fraction of sp³-hybridized carbons (Fsp3) is 0.588. The van der Waals surface area contributed by atoms with E-state index in [9.17, 15) is 0 Å². The monoisotopic (exact) mass is 416 g/mol. The molecule has 0 atom stereocenters. The molecule has 1 aliphatic rings. The normalized spacial score (nSPS) is 16.0. The van der Waals surface area contributed by atoms with Crippen LogP contribution in [0.2, 0.25) is 0 Å². The van der Waals surface area contributed by atoms with Crippen LogP contribution >= 0.6 is 24.0 Å². The van der Waals surface area contributed by atoms with Crippen molar-refractivity contribution in [2.45, 2.75) is 32.7 Å². The Labute approximate surface area is 151 Å². The molecule has 5 heteroatoms. The van der Waals surface area contributed by atoms with Gasteiger partial charge in [-0.05, 0) is 38.4 Å². The van der Waals surface area contributed by atoms with Crippen LogP contribution in [-0.4, -0.2) is 43.6 Å². The molecule has 0 radical (unpaired) electrons. The van der Waals surface area contributed by atoms with E-state index in [0.717, 1.165) is 32.1 Å². The van der Waals surface area contributed by atoms with Crippen molar-refractivity contribution in [3.8, 4) is 0 Å². The first-order valence-electron chi connectivity index (χ1n) is 8.17. The Hall–Kier alpha value is -0.820. The van der Waals surface area contributed by atoms with Gasteiger partial charge in [-0.25, -0.2) is 4.99 Å². The van der Waals surface area contributed by atoms with Gasteiger partial charge in [0.05, 0.1) is 6.54 Å². The standard InChI is InChI=1S/C17H28N4.HI/c1-2-18-17(20-15-16-9-5-3-6-10-16)19-11-14-21-12-7-4-8-13-21;/h3,5-6,9-10H,2,4,7-8,11-15H2,1H3,(H2,18,19,20);1H. The predicted molar refractivity (Wildman–Crippen MR) is 105 cm³/mol. The minimum absolute atomic E-state index is 0. The Kier molecular flexibility index (Phi) is 10.2. The first-order valence-corrected chi connectivity index (χ1v) is 8.17. The number of guanidine groups is 1. The fourth-order valence-electron chi connectivity index (χ4n) is 2.61. The highest BCUT2D eigenvalue weighted by atomic mass is 127. The molecular weight excluding hydrogens is 387 g/mol. The highest BCUT2D eigenvalue weighted by Gasteiger charge is 2.09. The second-order valence-electron chi connectivity index (χ2n) is 5.51. The van der Waals surface area contributed by atoms with Gasteiger partial charge < -0.3 is 15.5 Å². The minimum atomic E-state index is 0. The lowest BCUT2D eigenvalue weighted by Gasteiger charge is -2.26. The van der Waals surface area contributed by atoms with E-state index in [-0.39, 0.29) is 24.0 Å². The van der Waals surface area contributed by atoms with Gasteiger partial charge in [0.15, 0.2) is 5.96 Å². The summed E-state index contributed by atoms with van der Waals surface area (Å²) in [6.45, 7) is 8.28. The quantitative estimate of drug-likeness (QED) is 0.426. The van der Waals surface area contributed by atoms with E-state index < -0.39 is 0 Å². The zero-order valence-corrected chi connectivity index (χ0v) is 15.9. The Morgan fingerprint density at radius 3 is 2.50 bits per heavy atom. The van der Waals surface area contributed by atoms with Crippen LogP contribution in [0.15, 0.2) is 35.3 Å². The molecule has 0 aliphatic carbocycles. The average molecular weight is 416 g/mol. The van der Waals surface area contributed by atoms with Crippen molar-refractivity contribution < 1.29 is 0 Å². The van der Waals surface area contributed by atoms with Crippen molar-refractivity contribution in [3.63, 3.8) is 0 Å². The first kappa shape index (κ1) is 19.2. The molecule has 0 saturated carbocycles. The lowest BCUT2D eigenvalue weighted by Crippen LogP contribution is -2.42. The number of hydrogen-bond donors (Lipinski definition) is 2. The van der Waals surface area contributed by atoms with Gasteiger partial charge in [-0.2, -0.15) is 0 Å². The van der Waals surface area contributed by atoms with Gasteiger partial charge in [-0.1, -0.05) is 36.8 Å². The van der Waals surface area contributed by atoms with Gasteiger partial charge in [0, 0.05) is 19.6 Å². The van der Waals surface area contributed by atoms with Crippen LogP contribution < -0.4 is 10.6 Å². The number of aliphatic imine (C=N–C) groups is 1. The van der Waals surface area contributed by atoms with Gasteiger partial charge in [0.25, 0.3) is 0 Å². The van der Waals surface area contributed by atoms with E-state index in [1.165, 1.54) is 37.9 Å². The molecule has 1 aromatic rings. The van der Waals surface area contributed by atoms with Gasteiger partial charge in [-0.15, -0.1) is 24.0 Å². The number of nitrogens with zero attached hydrogens (tertiary/aromatic N) is 2. The predicted octanol–water partition coefficient (Wildman–Crippen LogP) is 2.85. The highest BCUT2D eigenvalue weighted by Crippen LogP contribution is 2.07. The number of halogens is 1. The zero-order chi connectivity index (χ0) is 14.8. The summed E-state index contributed by atoms with van der Waals surface area (Å²) in [6.07, 6.45) is 4.09. The maximum absolute atomic E-state index is 4.64. The third-order valence-corrected chi connectivity index (χ3v) is 3.78. The first-order chi connectivity index (χ1) is 10.4. The van der Waals surface area contributed by atoms with Crippen molar-refractivity contribution in [1.82, 2.24) is 15.5 Å². The molecule has 0 bridgehead atoms. The molecule has 1 aromatic carbocycles. The number of hydrogen-bond acceptors (Lipinski definition) is 2. The van der Waals surface area contributed by atoms with Gasteiger partial charge in [0.2, 0.25) is 0 Å². The number of benzene rings is 1. The van der Waals surface area contributed by atoms with E-state index >= 15 is 0 Å². The Balaban J connectivity index is 0.00000242. The summed E-state index contributed by atoms with van der Waals surface area (Å²) >= 11 is 0. The molecule has 1 heterocycles. The third-order valence-electron chi connectivity index (χ3n) is 3.78. The minimum Gasteiger partial charge on any atom is -0.357 e. The van der Waals surface area contributed by atoms with E-state index in [4.69, 9.17) is 0 Å². The van der Waals surface area contributed by atoms with Crippen LogP contribution in [0.3, 0.4) is 0 Å². The van der Waals surface area contributed by atoms with Crippen LogP contribution in [0.25, 0.3) is 0 Å². The largest absolute Gasteiger partial charge is 0.357 e. The number of nitrogens with one attached hydrogen (secondary N) is 2. The van der Waals surface area contributed by atoms with Crippen molar-refractivity contribution in [1.29, 1.82) is 0 Å². The smallest absolute Gasteiger partial charge is 0.191 e. The molecule has 1 fully saturated rings. The van der Waals surface area contributed by atoms with E-state index in [1.807, 2.05) is 6.07 Å². The number of rotatable bonds is 6. The zero-order valence-electron chi connectivity index (χ0n) is 13.6. The topological polar surface area (TPSA) is 39.7 Å². The molecule has 0 amide bonds. The molecule has 2 N–H and O–H groups in total. The van der Waals surface area contributed by atoms with Crippen LogP contribution in [-0.2, 0) is 6.54 Å². The molecular formula is C17H29IN4. The molecule has 2 rings (SSSR count). The summed E-state index contributed by atoms with van der Waals surface area (Å²) in [5.41, 5.74) is 1.24. The second-order valence-corrected chi connectivity index (χ2v) is 5.51. The number of likely N-dealkylation sites (tertiary alicyclic amines) is 1. The van der Waals surface area contributed by atoms with Crippen LogP contribution in [0, 0.1) is 0 Å². The van der Waals surface area contributed by atoms with E-state index in [1.54, 1.807) is 0 Å². The maximum atomic E-state index is 4.64. The highest BCUT2D eigenvalue weighted by molar-refractivity contribution is 14.0. The molecule has 1 saturated heterocycles.